The summed E-state index contributed by atoms with van der Waals surface area (Å²) in [5, 5.41) is 0. The van der Waals surface area contributed by atoms with Gasteiger partial charge in [-0.2, -0.15) is 0 Å². The highest BCUT2D eigenvalue weighted by Gasteiger charge is 2.10. The molecule has 0 aliphatic heterocycles. The van der Waals surface area contributed by atoms with Crippen LogP contribution in [0.3, 0.4) is 0 Å². The molecule has 3 aromatic rings. The average Bonchev–Trinajstić information content (AvgIpc) is 2.73. The normalized spacial score (nSPS) is 11.2. The first-order valence-electron chi connectivity index (χ1n) is 4.42. The van der Waals surface area contributed by atoms with Gasteiger partial charge in [0.05, 0.1) is 10.2 Å². The first-order chi connectivity index (χ1) is 7.25. The van der Waals surface area contributed by atoms with E-state index in [0.717, 1.165) is 15.2 Å². The second kappa shape index (κ2) is 2.80. The lowest BCUT2D eigenvalue weighted by atomic mass is 10.3. The van der Waals surface area contributed by atoms with E-state index in [1.54, 1.807) is 17.5 Å². The number of nitrogens with zero attached hydrogens (tertiary/aromatic N) is 2. The Morgan fingerprint density at radius 3 is 3.00 bits per heavy atom. The van der Waals surface area contributed by atoms with Gasteiger partial charge in [0.15, 0.2) is 4.96 Å². The molecule has 1 aromatic carbocycles. The van der Waals surface area contributed by atoms with Crippen molar-refractivity contribution in [1.82, 2.24) is 9.38 Å². The van der Waals surface area contributed by atoms with Crippen molar-refractivity contribution < 1.29 is 4.79 Å². The van der Waals surface area contributed by atoms with Crippen LogP contribution in [0.4, 0.5) is 0 Å². The van der Waals surface area contributed by atoms with Crippen LogP contribution in [0.5, 0.6) is 0 Å². The zero-order valence-electron chi connectivity index (χ0n) is 7.68. The van der Waals surface area contributed by atoms with Crippen molar-refractivity contribution in [3.8, 4) is 0 Å². The number of rotatable bonds is 1. The van der Waals surface area contributed by atoms with Gasteiger partial charge >= 0.3 is 0 Å². The molecule has 0 saturated carbocycles. The summed E-state index contributed by atoms with van der Waals surface area (Å²) in [6, 6.07) is 7.95. The summed E-state index contributed by atoms with van der Waals surface area (Å²) in [7, 11) is 0. The fourth-order valence-electron chi connectivity index (χ4n) is 1.57. The molecule has 15 heavy (non-hydrogen) atoms. The Hall–Kier alpha value is -1.88. The molecular formula is C10H7N3OS. The predicted molar refractivity (Wildman–Crippen MR) is 59.1 cm³/mol. The summed E-state index contributed by atoms with van der Waals surface area (Å²) in [4.78, 5) is 15.9. The molecule has 2 aromatic heterocycles. The number of carbonyl (C=O) groups is 1. The molecule has 3 rings (SSSR count). The summed E-state index contributed by atoms with van der Waals surface area (Å²) >= 11 is 1.54. The van der Waals surface area contributed by atoms with Crippen molar-refractivity contribution >= 4 is 32.4 Å². The summed E-state index contributed by atoms with van der Waals surface area (Å²) in [6.45, 7) is 0. The monoisotopic (exact) mass is 217 g/mol. The van der Waals surface area contributed by atoms with Crippen molar-refractivity contribution in [2.75, 3.05) is 0 Å². The number of carbonyl (C=O) groups excluding carboxylic acids is 1. The van der Waals surface area contributed by atoms with Gasteiger partial charge in [0.25, 0.3) is 5.91 Å². The molecule has 74 valence electrons. The Morgan fingerprint density at radius 2 is 2.20 bits per heavy atom. The third-order valence-electron chi connectivity index (χ3n) is 2.25. The topological polar surface area (TPSA) is 60.4 Å². The summed E-state index contributed by atoms with van der Waals surface area (Å²) in [5.74, 6) is -0.491. The summed E-state index contributed by atoms with van der Waals surface area (Å²) in [6.07, 6.45) is 1.68. The molecule has 2 heterocycles. The Morgan fingerprint density at radius 1 is 1.40 bits per heavy atom. The van der Waals surface area contributed by atoms with Crippen molar-refractivity contribution in [1.29, 1.82) is 0 Å². The number of benzene rings is 1. The molecule has 0 radical (unpaired) electrons. The molecular weight excluding hydrogens is 210 g/mol. The van der Waals surface area contributed by atoms with Crippen LogP contribution in [0.1, 0.15) is 10.5 Å². The molecule has 0 saturated heterocycles. The fraction of sp³-hybridized carbons (Fsp3) is 0. The third-order valence-corrected chi connectivity index (χ3v) is 3.29. The number of aromatic nitrogens is 2. The van der Waals surface area contributed by atoms with E-state index >= 15 is 0 Å². The van der Waals surface area contributed by atoms with Gasteiger partial charge in [-0.3, -0.25) is 9.20 Å². The SMILES string of the molecule is NC(=O)c1cn2c(n1)sc1ccccc12. The lowest BCUT2D eigenvalue weighted by Gasteiger charge is -1.88. The average molecular weight is 217 g/mol. The van der Waals surface area contributed by atoms with Crippen LogP contribution in [-0.4, -0.2) is 15.3 Å². The molecule has 0 atom stereocenters. The quantitative estimate of drug-likeness (QED) is 0.673. The Balaban J connectivity index is 2.42. The van der Waals surface area contributed by atoms with E-state index in [1.807, 2.05) is 28.7 Å². The fourth-order valence-corrected chi connectivity index (χ4v) is 2.58. The molecule has 5 heteroatoms. The molecule has 0 aliphatic carbocycles. The van der Waals surface area contributed by atoms with Crippen LogP contribution < -0.4 is 5.73 Å². The van der Waals surface area contributed by atoms with Crippen LogP contribution in [0.15, 0.2) is 30.5 Å². The van der Waals surface area contributed by atoms with Crippen molar-refractivity contribution in [2.24, 2.45) is 5.73 Å². The van der Waals surface area contributed by atoms with E-state index in [1.165, 1.54) is 0 Å². The minimum Gasteiger partial charge on any atom is -0.364 e. The van der Waals surface area contributed by atoms with E-state index in [4.69, 9.17) is 5.73 Å². The van der Waals surface area contributed by atoms with Gasteiger partial charge in [0, 0.05) is 6.20 Å². The minimum absolute atomic E-state index is 0.312. The van der Waals surface area contributed by atoms with Crippen LogP contribution in [0.25, 0.3) is 15.2 Å². The highest BCUT2D eigenvalue weighted by Crippen LogP contribution is 2.25. The number of nitrogens with two attached hydrogens (primary N) is 1. The molecule has 0 bridgehead atoms. The number of amides is 1. The van der Waals surface area contributed by atoms with E-state index < -0.39 is 5.91 Å². The summed E-state index contributed by atoms with van der Waals surface area (Å²) in [5.41, 5.74) is 6.54. The molecule has 1 amide bonds. The second-order valence-corrected chi connectivity index (χ2v) is 4.22. The number of imidazole rings is 1. The first-order valence-corrected chi connectivity index (χ1v) is 5.24. The molecule has 0 fully saturated rings. The number of thiazole rings is 1. The van der Waals surface area contributed by atoms with Crippen molar-refractivity contribution in [3.63, 3.8) is 0 Å². The van der Waals surface area contributed by atoms with Gasteiger partial charge in [-0.15, -0.1) is 0 Å². The maximum Gasteiger partial charge on any atom is 0.268 e. The van der Waals surface area contributed by atoms with Gasteiger partial charge in [-0.25, -0.2) is 4.98 Å². The smallest absolute Gasteiger partial charge is 0.268 e. The van der Waals surface area contributed by atoms with Crippen LogP contribution >= 0.6 is 11.3 Å². The van der Waals surface area contributed by atoms with Crippen LogP contribution in [0, 0.1) is 0 Å². The number of fused-ring (bicyclic) bond motifs is 3. The molecule has 0 aliphatic rings. The molecule has 0 spiro atoms. The Bertz CT molecular complexity index is 667. The lowest BCUT2D eigenvalue weighted by molar-refractivity contribution is 0.0996. The Labute approximate surface area is 89.0 Å². The van der Waals surface area contributed by atoms with E-state index in [-0.39, 0.29) is 0 Å². The summed E-state index contributed by atoms with van der Waals surface area (Å²) < 4.78 is 3.04. The number of para-hydroxylation sites is 1. The standard InChI is InChI=1S/C10H7N3OS/c11-9(14)6-5-13-7-3-1-2-4-8(7)15-10(13)12-6/h1-5H,(H2,11,14). The highest BCUT2D eigenvalue weighted by atomic mass is 32.1. The number of hydrogen-bond donors (Lipinski definition) is 1. The zero-order chi connectivity index (χ0) is 10.4. The molecule has 0 unspecified atom stereocenters. The van der Waals surface area contributed by atoms with Crippen molar-refractivity contribution in [3.05, 3.63) is 36.2 Å². The minimum atomic E-state index is -0.491. The largest absolute Gasteiger partial charge is 0.364 e. The molecule has 4 nitrogen and oxygen atoms in total. The van der Waals surface area contributed by atoms with E-state index in [2.05, 4.69) is 4.98 Å². The molecule has 2 N–H and O–H groups in total. The van der Waals surface area contributed by atoms with Gasteiger partial charge in [0.2, 0.25) is 0 Å². The van der Waals surface area contributed by atoms with Gasteiger partial charge in [-0.1, -0.05) is 23.5 Å². The number of primary amides is 1. The van der Waals surface area contributed by atoms with Crippen LogP contribution in [0.2, 0.25) is 0 Å². The number of hydrogen-bond acceptors (Lipinski definition) is 3. The Kier molecular flexibility index (Phi) is 1.58. The zero-order valence-corrected chi connectivity index (χ0v) is 8.49. The van der Waals surface area contributed by atoms with Crippen LogP contribution in [-0.2, 0) is 0 Å². The maximum absolute atomic E-state index is 11.0. The third kappa shape index (κ3) is 1.13. The van der Waals surface area contributed by atoms with E-state index in [0.29, 0.717) is 5.69 Å². The highest BCUT2D eigenvalue weighted by molar-refractivity contribution is 7.23. The van der Waals surface area contributed by atoms with Crippen molar-refractivity contribution in [2.45, 2.75) is 0 Å². The van der Waals surface area contributed by atoms with Gasteiger partial charge in [0.1, 0.15) is 5.69 Å². The second-order valence-electron chi connectivity index (χ2n) is 3.21. The first kappa shape index (κ1) is 8.43. The predicted octanol–water partition coefficient (Wildman–Crippen LogP) is 1.65. The lowest BCUT2D eigenvalue weighted by Crippen LogP contribution is -2.10. The van der Waals surface area contributed by atoms with Gasteiger partial charge in [-0.05, 0) is 12.1 Å². The van der Waals surface area contributed by atoms with Gasteiger partial charge < -0.3 is 5.73 Å². The maximum atomic E-state index is 11.0. The van der Waals surface area contributed by atoms with E-state index in [9.17, 15) is 4.79 Å².